The molecule has 3 aliphatic rings. The molecule has 0 radical (unpaired) electrons. The van der Waals surface area contributed by atoms with Crippen molar-refractivity contribution in [3.05, 3.63) is 0 Å². The molecular weight excluding hydrogens is 348 g/mol. The third-order valence-corrected chi connectivity index (χ3v) is 7.06. The highest BCUT2D eigenvalue weighted by Gasteiger charge is 2.29. The normalized spacial score (nSPS) is 24.9. The Morgan fingerprint density at radius 1 is 1.14 bits per heavy atom. The van der Waals surface area contributed by atoms with Crippen LogP contribution in [0.15, 0.2) is 4.99 Å². The maximum absolute atomic E-state index is 8.44. The van der Waals surface area contributed by atoms with Crippen LogP contribution < -0.4 is 5.73 Å². The van der Waals surface area contributed by atoms with Gasteiger partial charge in [0.05, 0.1) is 12.6 Å². The van der Waals surface area contributed by atoms with Crippen LogP contribution in [-0.4, -0.2) is 71.9 Å². The van der Waals surface area contributed by atoms with Crippen molar-refractivity contribution >= 4 is 11.9 Å². The summed E-state index contributed by atoms with van der Waals surface area (Å²) in [7, 11) is 0. The predicted octanol–water partition coefficient (Wildman–Crippen LogP) is 3.33. The average molecular weight is 391 g/mol. The van der Waals surface area contributed by atoms with Crippen molar-refractivity contribution in [3.8, 4) is 0 Å². The summed E-state index contributed by atoms with van der Waals surface area (Å²) >= 11 is 0. The molecule has 2 atom stereocenters. The first kappa shape index (κ1) is 21.3. The van der Waals surface area contributed by atoms with Gasteiger partial charge in [-0.05, 0) is 43.9 Å². The fourth-order valence-corrected chi connectivity index (χ4v) is 4.95. The highest BCUT2D eigenvalue weighted by Crippen LogP contribution is 2.27. The van der Waals surface area contributed by atoms with E-state index in [2.05, 4.69) is 33.5 Å². The van der Waals surface area contributed by atoms with Gasteiger partial charge in [-0.15, -0.1) is 0 Å². The molecule has 2 fully saturated rings. The van der Waals surface area contributed by atoms with Crippen LogP contribution in [0.1, 0.15) is 71.6 Å². The number of hydrogen-bond acceptors (Lipinski definition) is 4. The number of hydrogen-bond donors (Lipinski definition) is 2. The van der Waals surface area contributed by atoms with Gasteiger partial charge in [-0.25, -0.2) is 0 Å². The topological polar surface area (TPSA) is 72.0 Å². The molecule has 6 nitrogen and oxygen atoms in total. The molecule has 160 valence electrons. The van der Waals surface area contributed by atoms with Gasteiger partial charge in [0, 0.05) is 32.7 Å². The number of aliphatic imine (C=N–C) groups is 1. The van der Waals surface area contributed by atoms with Crippen molar-refractivity contribution in [3.63, 3.8) is 0 Å². The van der Waals surface area contributed by atoms with Crippen LogP contribution in [0.2, 0.25) is 0 Å². The van der Waals surface area contributed by atoms with Crippen LogP contribution in [0, 0.1) is 17.2 Å². The SMILES string of the molecule is CCC(C)CN1CCN(CCCC[C@H]2CN=C(N)N2CC2CCCCC2)C1=N. The lowest BCUT2D eigenvalue weighted by atomic mass is 9.88. The molecule has 28 heavy (non-hydrogen) atoms. The molecular formula is C22H42N6. The summed E-state index contributed by atoms with van der Waals surface area (Å²) in [6.07, 6.45) is 11.6. The second-order valence-electron chi connectivity index (χ2n) is 9.27. The minimum absolute atomic E-state index is 0.502. The van der Waals surface area contributed by atoms with Gasteiger partial charge in [0.2, 0.25) is 0 Å². The first-order valence-corrected chi connectivity index (χ1v) is 11.7. The zero-order chi connectivity index (χ0) is 19.9. The Labute approximate surface area is 172 Å². The van der Waals surface area contributed by atoms with Gasteiger partial charge in [-0.3, -0.25) is 10.4 Å². The second kappa shape index (κ2) is 10.4. The third-order valence-electron chi connectivity index (χ3n) is 7.06. The molecule has 1 unspecified atom stereocenters. The average Bonchev–Trinajstić information content (AvgIpc) is 3.23. The molecule has 3 rings (SSSR count). The highest BCUT2D eigenvalue weighted by atomic mass is 15.4. The molecule has 0 aromatic heterocycles. The van der Waals surface area contributed by atoms with Gasteiger partial charge >= 0.3 is 0 Å². The minimum atomic E-state index is 0.502. The summed E-state index contributed by atoms with van der Waals surface area (Å²) in [5.74, 6) is 3.00. The molecule has 0 aromatic rings. The lowest BCUT2D eigenvalue weighted by Gasteiger charge is -2.32. The van der Waals surface area contributed by atoms with Crippen LogP contribution in [0.5, 0.6) is 0 Å². The van der Waals surface area contributed by atoms with Crippen LogP contribution in [0.25, 0.3) is 0 Å². The maximum atomic E-state index is 8.44. The second-order valence-corrected chi connectivity index (χ2v) is 9.27. The van der Waals surface area contributed by atoms with Crippen molar-refractivity contribution < 1.29 is 0 Å². The molecule has 3 N–H and O–H groups in total. The number of nitrogens with two attached hydrogens (primary N) is 1. The zero-order valence-electron chi connectivity index (χ0n) is 18.2. The lowest BCUT2D eigenvalue weighted by Crippen LogP contribution is -2.43. The van der Waals surface area contributed by atoms with E-state index in [4.69, 9.17) is 11.1 Å². The molecule has 2 heterocycles. The number of rotatable bonds is 10. The molecule has 0 aromatic carbocycles. The van der Waals surface area contributed by atoms with E-state index < -0.39 is 0 Å². The van der Waals surface area contributed by atoms with E-state index in [-0.39, 0.29) is 0 Å². The van der Waals surface area contributed by atoms with Crippen LogP contribution >= 0.6 is 0 Å². The third kappa shape index (κ3) is 5.54. The molecule has 1 saturated carbocycles. The largest absolute Gasteiger partial charge is 0.370 e. The maximum Gasteiger partial charge on any atom is 0.193 e. The summed E-state index contributed by atoms with van der Waals surface area (Å²) in [6.45, 7) is 10.6. The molecule has 1 saturated heterocycles. The van der Waals surface area contributed by atoms with E-state index in [0.29, 0.717) is 12.0 Å². The molecule has 0 amide bonds. The number of nitrogens with zero attached hydrogens (tertiary/aromatic N) is 4. The Morgan fingerprint density at radius 2 is 1.89 bits per heavy atom. The molecule has 1 aliphatic carbocycles. The summed E-state index contributed by atoms with van der Waals surface area (Å²) in [4.78, 5) is 11.5. The molecule has 6 heteroatoms. The molecule has 0 spiro atoms. The van der Waals surface area contributed by atoms with E-state index in [9.17, 15) is 0 Å². The Morgan fingerprint density at radius 3 is 2.64 bits per heavy atom. The smallest absolute Gasteiger partial charge is 0.193 e. The van der Waals surface area contributed by atoms with Gasteiger partial charge in [0.15, 0.2) is 11.9 Å². The Balaban J connectivity index is 1.36. The van der Waals surface area contributed by atoms with E-state index in [1.165, 1.54) is 51.4 Å². The number of nitrogens with one attached hydrogen (secondary N) is 1. The van der Waals surface area contributed by atoms with Gasteiger partial charge < -0.3 is 20.4 Å². The monoisotopic (exact) mass is 390 g/mol. The van der Waals surface area contributed by atoms with Crippen molar-refractivity contribution in [1.29, 1.82) is 5.41 Å². The first-order valence-electron chi connectivity index (χ1n) is 11.7. The summed E-state index contributed by atoms with van der Waals surface area (Å²) in [5.41, 5.74) is 6.21. The summed E-state index contributed by atoms with van der Waals surface area (Å²) in [6, 6.07) is 0.502. The zero-order valence-corrected chi connectivity index (χ0v) is 18.2. The van der Waals surface area contributed by atoms with E-state index in [1.807, 2.05) is 0 Å². The quantitative estimate of drug-likeness (QED) is 0.561. The summed E-state index contributed by atoms with van der Waals surface area (Å²) in [5, 5.41) is 8.44. The lowest BCUT2D eigenvalue weighted by molar-refractivity contribution is 0.233. The van der Waals surface area contributed by atoms with Crippen molar-refractivity contribution in [2.24, 2.45) is 22.6 Å². The van der Waals surface area contributed by atoms with Crippen molar-refractivity contribution in [2.75, 3.05) is 39.3 Å². The van der Waals surface area contributed by atoms with Crippen molar-refractivity contribution in [1.82, 2.24) is 14.7 Å². The minimum Gasteiger partial charge on any atom is -0.370 e. The van der Waals surface area contributed by atoms with Crippen molar-refractivity contribution in [2.45, 2.75) is 77.7 Å². The fourth-order valence-electron chi connectivity index (χ4n) is 4.95. The Bertz CT molecular complexity index is 527. The Hall–Kier alpha value is -1.46. The van der Waals surface area contributed by atoms with E-state index in [0.717, 1.165) is 63.5 Å². The number of unbranched alkanes of at least 4 members (excludes halogenated alkanes) is 1. The van der Waals surface area contributed by atoms with E-state index in [1.54, 1.807) is 0 Å². The molecule has 0 bridgehead atoms. The van der Waals surface area contributed by atoms with Gasteiger partial charge in [-0.1, -0.05) is 39.5 Å². The first-order chi connectivity index (χ1) is 13.6. The Kier molecular flexibility index (Phi) is 7.86. The van der Waals surface area contributed by atoms with Crippen LogP contribution in [0.4, 0.5) is 0 Å². The number of guanidine groups is 2. The van der Waals surface area contributed by atoms with E-state index >= 15 is 0 Å². The van der Waals surface area contributed by atoms with Gasteiger partial charge in [0.1, 0.15) is 0 Å². The molecule has 2 aliphatic heterocycles. The predicted molar refractivity (Wildman–Crippen MR) is 118 cm³/mol. The summed E-state index contributed by atoms with van der Waals surface area (Å²) < 4.78 is 0. The van der Waals surface area contributed by atoms with Gasteiger partial charge in [0.25, 0.3) is 0 Å². The standard InChI is InChI=1S/C22H42N6/c1-3-18(2)16-27-14-13-26(22(27)24)12-8-7-11-20-15-25-21(23)28(20)17-19-9-5-4-6-10-19/h18-20,24H,3-17H2,1-2H3,(H2,23,25)/t18?,20-/m0/s1. The fraction of sp³-hybridized carbons (Fsp3) is 0.909. The highest BCUT2D eigenvalue weighted by molar-refractivity contribution is 5.80. The van der Waals surface area contributed by atoms with Crippen LogP contribution in [-0.2, 0) is 0 Å². The van der Waals surface area contributed by atoms with Gasteiger partial charge in [-0.2, -0.15) is 0 Å². The van der Waals surface area contributed by atoms with Crippen LogP contribution in [0.3, 0.4) is 0 Å².